The molecule has 1 aliphatic heterocycles. The van der Waals surface area contributed by atoms with E-state index in [0.717, 1.165) is 44.9 Å². The first-order valence-corrected chi connectivity index (χ1v) is 36.5. The van der Waals surface area contributed by atoms with Crippen LogP contribution in [0.1, 0.15) is 380 Å². The summed E-state index contributed by atoms with van der Waals surface area (Å²) in [6.07, 6.45) is 75.4. The van der Waals surface area contributed by atoms with Gasteiger partial charge in [0.05, 0.1) is 25.4 Å². The Hall–Kier alpha value is -1.33. The van der Waals surface area contributed by atoms with Crippen molar-refractivity contribution in [1.82, 2.24) is 5.32 Å². The van der Waals surface area contributed by atoms with Gasteiger partial charge in [0.1, 0.15) is 24.4 Å². The third-order valence-corrected chi connectivity index (χ3v) is 17.8. The SMILES string of the molecule is CCCCCCCCCCCCC/C=C\C/C=C\CCCCCCCCCCCCCCCCCCCC(=O)NC(COC1OC(CO)C(O)C(O)C1O)C(O)CCCCCCCCCCCCCCCCCCCCCCCCCC. The lowest BCUT2D eigenvalue weighted by atomic mass is 9.99. The maximum Gasteiger partial charge on any atom is 0.220 e. The van der Waals surface area contributed by atoms with Crippen LogP contribution in [0.5, 0.6) is 0 Å². The molecule has 0 aromatic rings. The second kappa shape index (κ2) is 62.7. The molecule has 1 amide bonds. The van der Waals surface area contributed by atoms with E-state index in [-0.39, 0.29) is 12.5 Å². The zero-order valence-electron chi connectivity index (χ0n) is 54.5. The molecule has 7 unspecified atom stereocenters. The van der Waals surface area contributed by atoms with Gasteiger partial charge in [-0.3, -0.25) is 4.79 Å². The zero-order chi connectivity index (χ0) is 59.3. The van der Waals surface area contributed by atoms with E-state index in [2.05, 4.69) is 43.5 Å². The summed E-state index contributed by atoms with van der Waals surface area (Å²) in [5.74, 6) is -0.136. The van der Waals surface area contributed by atoms with Gasteiger partial charge in [-0.1, -0.05) is 353 Å². The molecule has 0 radical (unpaired) electrons. The number of amides is 1. The Morgan fingerprint density at radius 3 is 1.05 bits per heavy atom. The fourth-order valence-corrected chi connectivity index (χ4v) is 12.1. The zero-order valence-corrected chi connectivity index (χ0v) is 54.5. The molecule has 1 saturated heterocycles. The van der Waals surface area contributed by atoms with E-state index in [4.69, 9.17) is 9.47 Å². The Kier molecular flexibility index (Phi) is 60.2. The van der Waals surface area contributed by atoms with Crippen molar-refractivity contribution < 1.29 is 39.8 Å². The van der Waals surface area contributed by atoms with Gasteiger partial charge in [-0.15, -0.1) is 0 Å². The third kappa shape index (κ3) is 50.8. The minimum absolute atomic E-state index is 0.133. The predicted molar refractivity (Wildman–Crippen MR) is 350 cm³/mol. The molecule has 0 saturated carbocycles. The molecular formula is C73H141NO8. The summed E-state index contributed by atoms with van der Waals surface area (Å²) in [6, 6.07) is -0.719. The van der Waals surface area contributed by atoms with Crippen molar-refractivity contribution in [2.45, 2.75) is 423 Å². The normalized spacial score (nSPS) is 18.4. The van der Waals surface area contributed by atoms with Crippen LogP contribution in [0.25, 0.3) is 0 Å². The summed E-state index contributed by atoms with van der Waals surface area (Å²) in [6.45, 7) is 3.90. The summed E-state index contributed by atoms with van der Waals surface area (Å²) in [7, 11) is 0. The molecule has 0 spiro atoms. The molecule has 6 N–H and O–H groups in total. The van der Waals surface area contributed by atoms with Crippen LogP contribution in [-0.4, -0.2) is 87.5 Å². The van der Waals surface area contributed by atoms with Crippen LogP contribution in [-0.2, 0) is 14.3 Å². The second-order valence-electron chi connectivity index (χ2n) is 25.7. The Morgan fingerprint density at radius 1 is 0.415 bits per heavy atom. The molecule has 0 bridgehead atoms. The van der Waals surface area contributed by atoms with Crippen LogP contribution < -0.4 is 5.32 Å². The van der Waals surface area contributed by atoms with Gasteiger partial charge in [0.2, 0.25) is 5.91 Å². The number of rotatable bonds is 65. The van der Waals surface area contributed by atoms with Gasteiger partial charge in [-0.25, -0.2) is 0 Å². The van der Waals surface area contributed by atoms with Gasteiger partial charge >= 0.3 is 0 Å². The van der Waals surface area contributed by atoms with E-state index in [1.807, 2.05) is 0 Å². The number of nitrogens with one attached hydrogen (secondary N) is 1. The van der Waals surface area contributed by atoms with E-state index < -0.39 is 49.5 Å². The summed E-state index contributed by atoms with van der Waals surface area (Å²) < 4.78 is 11.4. The first-order chi connectivity index (χ1) is 40.3. The molecule has 82 heavy (non-hydrogen) atoms. The van der Waals surface area contributed by atoms with Gasteiger partial charge in [0.25, 0.3) is 0 Å². The number of carbonyl (C=O) groups excluding carboxylic acids is 1. The van der Waals surface area contributed by atoms with Crippen molar-refractivity contribution in [3.63, 3.8) is 0 Å². The number of aliphatic hydroxyl groups is 5. The van der Waals surface area contributed by atoms with Crippen molar-refractivity contribution in [1.29, 1.82) is 0 Å². The number of ether oxygens (including phenoxy) is 2. The monoisotopic (exact) mass is 1160 g/mol. The summed E-state index contributed by atoms with van der Waals surface area (Å²) in [5.41, 5.74) is 0. The first-order valence-electron chi connectivity index (χ1n) is 36.5. The van der Waals surface area contributed by atoms with Gasteiger partial charge in [0, 0.05) is 6.42 Å². The number of unbranched alkanes of at least 4 members (excludes halogenated alkanes) is 51. The minimum Gasteiger partial charge on any atom is -0.394 e. The molecule has 0 aliphatic carbocycles. The van der Waals surface area contributed by atoms with Crippen LogP contribution in [0.4, 0.5) is 0 Å². The highest BCUT2D eigenvalue weighted by Gasteiger charge is 2.44. The molecule has 1 aliphatic rings. The second-order valence-corrected chi connectivity index (χ2v) is 25.7. The van der Waals surface area contributed by atoms with Crippen LogP contribution in [0.3, 0.4) is 0 Å². The predicted octanol–water partition coefficient (Wildman–Crippen LogP) is 20.0. The molecule has 1 heterocycles. The smallest absolute Gasteiger partial charge is 0.220 e. The van der Waals surface area contributed by atoms with E-state index in [9.17, 15) is 30.3 Å². The Bertz CT molecular complexity index is 1340. The van der Waals surface area contributed by atoms with Crippen molar-refractivity contribution in [3.05, 3.63) is 24.3 Å². The van der Waals surface area contributed by atoms with E-state index in [1.165, 1.54) is 308 Å². The maximum absolute atomic E-state index is 13.2. The molecular weight excluding hydrogens is 1020 g/mol. The Morgan fingerprint density at radius 2 is 0.720 bits per heavy atom. The van der Waals surface area contributed by atoms with Crippen LogP contribution in [0.2, 0.25) is 0 Å². The van der Waals surface area contributed by atoms with Crippen molar-refractivity contribution in [3.8, 4) is 0 Å². The van der Waals surface area contributed by atoms with Crippen LogP contribution >= 0.6 is 0 Å². The average Bonchev–Trinajstić information content (AvgIpc) is 3.52. The summed E-state index contributed by atoms with van der Waals surface area (Å²) in [4.78, 5) is 13.2. The highest BCUT2D eigenvalue weighted by molar-refractivity contribution is 5.76. The van der Waals surface area contributed by atoms with E-state index >= 15 is 0 Å². The van der Waals surface area contributed by atoms with Crippen molar-refractivity contribution in [2.75, 3.05) is 13.2 Å². The van der Waals surface area contributed by atoms with Crippen molar-refractivity contribution in [2.24, 2.45) is 0 Å². The van der Waals surface area contributed by atoms with E-state index in [1.54, 1.807) is 0 Å². The Balaban J connectivity index is 2.08. The third-order valence-electron chi connectivity index (χ3n) is 17.8. The highest BCUT2D eigenvalue weighted by Crippen LogP contribution is 2.24. The van der Waals surface area contributed by atoms with Gasteiger partial charge < -0.3 is 40.3 Å². The average molecular weight is 1160 g/mol. The van der Waals surface area contributed by atoms with E-state index in [0.29, 0.717) is 12.8 Å². The molecule has 0 aromatic carbocycles. The summed E-state index contributed by atoms with van der Waals surface area (Å²) in [5, 5.41) is 55.0. The van der Waals surface area contributed by atoms with Gasteiger partial charge in [-0.05, 0) is 44.9 Å². The molecule has 7 atom stereocenters. The lowest BCUT2D eigenvalue weighted by molar-refractivity contribution is -0.302. The Labute approximate surface area is 509 Å². The maximum atomic E-state index is 13.2. The molecule has 486 valence electrons. The fraction of sp³-hybridized carbons (Fsp3) is 0.932. The first kappa shape index (κ1) is 78.7. The molecule has 0 aromatic heterocycles. The number of hydrogen-bond donors (Lipinski definition) is 6. The highest BCUT2D eigenvalue weighted by atomic mass is 16.7. The lowest BCUT2D eigenvalue weighted by Gasteiger charge is -2.40. The van der Waals surface area contributed by atoms with Crippen molar-refractivity contribution >= 4 is 5.91 Å². The molecule has 9 nitrogen and oxygen atoms in total. The van der Waals surface area contributed by atoms with Gasteiger partial charge in [-0.2, -0.15) is 0 Å². The van der Waals surface area contributed by atoms with Crippen LogP contribution in [0.15, 0.2) is 24.3 Å². The largest absolute Gasteiger partial charge is 0.394 e. The minimum atomic E-state index is -1.55. The summed E-state index contributed by atoms with van der Waals surface area (Å²) >= 11 is 0. The quantitative estimate of drug-likeness (QED) is 0.0261. The standard InChI is InChI=1S/C73H141NO8/c1-3-5-7-9-11-13-15-17-19-21-23-25-27-29-30-31-32-33-34-35-36-37-38-39-41-43-45-47-49-51-53-55-57-59-61-63-69(77)74-66(65-81-73-72(80)71(79)70(78)68(64-75)82-73)67(76)62-60-58-56-54-52-50-48-46-44-42-40-28-26-24-22-20-18-16-14-12-10-8-6-4-2/h27,29,31-32,66-68,70-73,75-76,78-80H,3-26,28,30,33-65H2,1-2H3,(H,74,77)/b29-27-,32-31-. The van der Waals surface area contributed by atoms with Gasteiger partial charge in [0.15, 0.2) is 6.29 Å². The fourth-order valence-electron chi connectivity index (χ4n) is 12.1. The lowest BCUT2D eigenvalue weighted by Crippen LogP contribution is -2.60. The molecule has 9 heteroatoms. The number of hydrogen-bond acceptors (Lipinski definition) is 8. The molecule has 1 fully saturated rings. The molecule has 1 rings (SSSR count). The number of aliphatic hydroxyl groups excluding tert-OH is 5. The topological polar surface area (TPSA) is 149 Å². The van der Waals surface area contributed by atoms with Crippen LogP contribution in [0, 0.1) is 0 Å². The number of allylic oxidation sites excluding steroid dienone is 4. The number of carbonyl (C=O) groups is 1.